The fraction of sp³-hybridized carbons (Fsp3) is 0.538. The number of para-hydroxylation sites is 1. The molecule has 2 nitrogen and oxygen atoms in total. The summed E-state index contributed by atoms with van der Waals surface area (Å²) >= 11 is 0.0296. The lowest BCUT2D eigenvalue weighted by molar-refractivity contribution is -0.0328. The third-order valence-electron chi connectivity index (χ3n) is 2.66. The number of nitrogens with two attached hydrogens (primary N) is 1. The Bertz CT molecular complexity index is 382. The molecule has 0 aromatic heterocycles. The number of hydrogen-bond acceptors (Lipinski definition) is 3. The van der Waals surface area contributed by atoms with Crippen molar-refractivity contribution in [1.29, 1.82) is 0 Å². The Balaban J connectivity index is 2.51. The second-order valence-corrected chi connectivity index (χ2v) is 5.43. The summed E-state index contributed by atoms with van der Waals surface area (Å²) in [5.74, 6) is 0.0518. The van der Waals surface area contributed by atoms with Gasteiger partial charge in [0.05, 0.1) is 0 Å². The third-order valence-corrected chi connectivity index (χ3v) is 3.38. The molecule has 0 saturated heterocycles. The number of benzene rings is 1. The molecule has 1 aromatic carbocycles. The molecule has 0 radical (unpaired) electrons. The van der Waals surface area contributed by atoms with Crippen LogP contribution >= 0.6 is 11.8 Å². The van der Waals surface area contributed by atoms with Crippen LogP contribution in [0.2, 0.25) is 0 Å². The van der Waals surface area contributed by atoms with E-state index >= 15 is 0 Å². The monoisotopic (exact) mass is 292 g/mol. The number of anilines is 1. The van der Waals surface area contributed by atoms with Crippen LogP contribution in [-0.2, 0) is 6.54 Å². The van der Waals surface area contributed by atoms with Crippen LogP contribution in [0.25, 0.3) is 0 Å². The standard InChI is InChI=1S/C13H19F3N2S/c1-2-7-18(8-9-19-13(14,15)16)10-11-5-3-4-6-12(11)17/h3-6H,2,7-10,17H2,1H3. The van der Waals surface area contributed by atoms with E-state index in [0.29, 0.717) is 18.8 Å². The van der Waals surface area contributed by atoms with Crippen LogP contribution in [0.4, 0.5) is 18.9 Å². The molecular weight excluding hydrogens is 273 g/mol. The number of nitrogens with zero attached hydrogens (tertiary/aromatic N) is 1. The predicted molar refractivity (Wildman–Crippen MR) is 74.9 cm³/mol. The largest absolute Gasteiger partial charge is 0.441 e. The molecule has 0 spiro atoms. The summed E-state index contributed by atoms with van der Waals surface area (Å²) in [5.41, 5.74) is 3.35. The summed E-state index contributed by atoms with van der Waals surface area (Å²) in [6, 6.07) is 7.46. The lowest BCUT2D eigenvalue weighted by atomic mass is 10.1. The van der Waals surface area contributed by atoms with Crippen LogP contribution < -0.4 is 5.73 Å². The molecule has 0 aliphatic carbocycles. The van der Waals surface area contributed by atoms with Crippen LogP contribution in [0.1, 0.15) is 18.9 Å². The topological polar surface area (TPSA) is 29.3 Å². The Morgan fingerprint density at radius 1 is 1.21 bits per heavy atom. The highest BCUT2D eigenvalue weighted by Gasteiger charge is 2.27. The number of halogens is 3. The second-order valence-electron chi connectivity index (χ2n) is 4.27. The van der Waals surface area contributed by atoms with E-state index < -0.39 is 5.51 Å². The Morgan fingerprint density at radius 3 is 2.47 bits per heavy atom. The van der Waals surface area contributed by atoms with Crippen LogP contribution in [-0.4, -0.2) is 29.3 Å². The molecule has 1 aromatic rings. The van der Waals surface area contributed by atoms with Gasteiger partial charge in [-0.3, -0.25) is 4.90 Å². The Kier molecular flexibility index (Phi) is 6.51. The van der Waals surface area contributed by atoms with Crippen molar-refractivity contribution in [2.45, 2.75) is 25.4 Å². The van der Waals surface area contributed by atoms with E-state index in [1.165, 1.54) is 0 Å². The molecule has 2 N–H and O–H groups in total. The van der Waals surface area contributed by atoms with E-state index in [0.717, 1.165) is 18.5 Å². The van der Waals surface area contributed by atoms with E-state index in [1.54, 1.807) is 0 Å². The zero-order valence-electron chi connectivity index (χ0n) is 10.9. The molecule has 0 saturated carbocycles. The van der Waals surface area contributed by atoms with Crippen LogP contribution in [0.3, 0.4) is 0 Å². The summed E-state index contributed by atoms with van der Waals surface area (Å²) in [5, 5.41) is 0. The minimum Gasteiger partial charge on any atom is -0.398 e. The van der Waals surface area contributed by atoms with Crippen molar-refractivity contribution >= 4 is 17.4 Å². The molecule has 0 atom stereocenters. The highest BCUT2D eigenvalue weighted by atomic mass is 32.2. The van der Waals surface area contributed by atoms with Crippen LogP contribution in [0.5, 0.6) is 0 Å². The first kappa shape index (κ1) is 16.2. The van der Waals surface area contributed by atoms with Crippen molar-refractivity contribution in [2.24, 2.45) is 0 Å². The third kappa shape index (κ3) is 6.73. The molecule has 0 aliphatic heterocycles. The second kappa shape index (κ2) is 7.65. The smallest absolute Gasteiger partial charge is 0.398 e. The van der Waals surface area contributed by atoms with Crippen molar-refractivity contribution in [3.8, 4) is 0 Å². The van der Waals surface area contributed by atoms with E-state index in [-0.39, 0.29) is 17.5 Å². The van der Waals surface area contributed by atoms with Gasteiger partial charge in [-0.1, -0.05) is 25.1 Å². The van der Waals surface area contributed by atoms with Crippen LogP contribution in [0.15, 0.2) is 24.3 Å². The average Bonchev–Trinajstić information content (AvgIpc) is 2.30. The van der Waals surface area contributed by atoms with Gasteiger partial charge in [-0.2, -0.15) is 13.2 Å². The van der Waals surface area contributed by atoms with Crippen molar-refractivity contribution in [1.82, 2.24) is 4.90 Å². The zero-order chi connectivity index (χ0) is 14.3. The SMILES string of the molecule is CCCN(CCSC(F)(F)F)Cc1ccccc1N. The first-order chi connectivity index (χ1) is 8.92. The molecule has 19 heavy (non-hydrogen) atoms. The van der Waals surface area contributed by atoms with Gasteiger partial charge in [0.25, 0.3) is 0 Å². The fourth-order valence-electron chi connectivity index (χ4n) is 1.80. The van der Waals surface area contributed by atoms with Gasteiger partial charge >= 0.3 is 5.51 Å². The average molecular weight is 292 g/mol. The highest BCUT2D eigenvalue weighted by Crippen LogP contribution is 2.30. The minimum absolute atomic E-state index is 0.0296. The molecular formula is C13H19F3N2S. The van der Waals surface area contributed by atoms with Crippen LogP contribution in [0, 0.1) is 0 Å². The number of nitrogen functional groups attached to an aromatic ring is 1. The van der Waals surface area contributed by atoms with Crippen molar-refractivity contribution in [2.75, 3.05) is 24.6 Å². The molecule has 0 unspecified atom stereocenters. The Labute approximate surface area is 116 Å². The first-order valence-corrected chi connectivity index (χ1v) is 7.17. The number of rotatable bonds is 7. The summed E-state index contributed by atoms with van der Waals surface area (Å²) in [6.45, 7) is 3.79. The molecule has 108 valence electrons. The van der Waals surface area contributed by atoms with Gasteiger partial charge < -0.3 is 5.73 Å². The Hall–Kier alpha value is -0.880. The van der Waals surface area contributed by atoms with E-state index in [4.69, 9.17) is 5.73 Å². The van der Waals surface area contributed by atoms with Gasteiger partial charge in [-0.05, 0) is 36.4 Å². The molecule has 6 heteroatoms. The summed E-state index contributed by atoms with van der Waals surface area (Å²) in [7, 11) is 0. The van der Waals surface area contributed by atoms with E-state index in [2.05, 4.69) is 0 Å². The quantitative estimate of drug-likeness (QED) is 0.776. The lowest BCUT2D eigenvalue weighted by Crippen LogP contribution is -2.27. The van der Waals surface area contributed by atoms with E-state index in [9.17, 15) is 13.2 Å². The molecule has 0 aliphatic rings. The van der Waals surface area contributed by atoms with Gasteiger partial charge in [-0.25, -0.2) is 0 Å². The van der Waals surface area contributed by atoms with Gasteiger partial charge in [-0.15, -0.1) is 0 Å². The summed E-state index contributed by atoms with van der Waals surface area (Å²) < 4.78 is 36.3. The number of thioether (sulfide) groups is 1. The van der Waals surface area contributed by atoms with Gasteiger partial charge in [0.1, 0.15) is 0 Å². The number of alkyl halides is 3. The maximum absolute atomic E-state index is 12.1. The van der Waals surface area contributed by atoms with Crippen molar-refractivity contribution in [3.05, 3.63) is 29.8 Å². The molecule has 0 heterocycles. The molecule has 1 rings (SSSR count). The maximum atomic E-state index is 12.1. The first-order valence-electron chi connectivity index (χ1n) is 6.19. The van der Waals surface area contributed by atoms with Gasteiger partial charge in [0.2, 0.25) is 0 Å². The predicted octanol–water partition coefficient (Wildman–Crippen LogP) is 3.73. The summed E-state index contributed by atoms with van der Waals surface area (Å²) in [4.78, 5) is 2.00. The Morgan fingerprint density at radius 2 is 1.89 bits per heavy atom. The zero-order valence-corrected chi connectivity index (χ0v) is 11.7. The molecule has 0 fully saturated rings. The maximum Gasteiger partial charge on any atom is 0.441 e. The molecule has 0 bridgehead atoms. The summed E-state index contributed by atoms with van der Waals surface area (Å²) in [6.07, 6.45) is 0.906. The lowest BCUT2D eigenvalue weighted by Gasteiger charge is -2.22. The number of hydrogen-bond donors (Lipinski definition) is 1. The van der Waals surface area contributed by atoms with Gasteiger partial charge in [0.15, 0.2) is 0 Å². The fourth-order valence-corrected chi connectivity index (χ4v) is 2.38. The molecule has 0 amide bonds. The van der Waals surface area contributed by atoms with Crippen molar-refractivity contribution in [3.63, 3.8) is 0 Å². The van der Waals surface area contributed by atoms with Gasteiger partial charge in [0, 0.05) is 24.5 Å². The van der Waals surface area contributed by atoms with Crippen molar-refractivity contribution < 1.29 is 13.2 Å². The van der Waals surface area contributed by atoms with E-state index in [1.807, 2.05) is 36.1 Å². The normalized spacial score (nSPS) is 12.1. The minimum atomic E-state index is -4.15. The highest BCUT2D eigenvalue weighted by molar-refractivity contribution is 8.00.